The minimum atomic E-state index is -3.55. The lowest BCUT2D eigenvalue weighted by molar-refractivity contribution is -0.124. The van der Waals surface area contributed by atoms with Gasteiger partial charge >= 0.3 is 0 Å². The van der Waals surface area contributed by atoms with E-state index < -0.39 is 16.1 Å². The van der Waals surface area contributed by atoms with E-state index in [1.807, 2.05) is 18.2 Å². The topological polar surface area (TPSA) is 84.9 Å². The number of hydrogen-bond acceptors (Lipinski definition) is 5. The molecule has 0 saturated heterocycles. The second-order valence-electron chi connectivity index (χ2n) is 6.32. The van der Waals surface area contributed by atoms with E-state index in [-0.39, 0.29) is 5.91 Å². The van der Waals surface area contributed by atoms with E-state index in [1.54, 1.807) is 44.6 Å². The molecule has 28 heavy (non-hydrogen) atoms. The molecule has 152 valence electrons. The summed E-state index contributed by atoms with van der Waals surface area (Å²) in [5.41, 5.74) is 1.57. The van der Waals surface area contributed by atoms with E-state index in [0.717, 1.165) is 16.1 Å². The molecule has 0 aliphatic heterocycles. The molecule has 0 fully saturated rings. The first-order chi connectivity index (χ1) is 13.3. The van der Waals surface area contributed by atoms with Gasteiger partial charge in [-0.15, -0.1) is 0 Å². The molecule has 7 nitrogen and oxygen atoms in total. The zero-order valence-electron chi connectivity index (χ0n) is 16.5. The average Bonchev–Trinajstić information content (AvgIpc) is 2.68. The van der Waals surface area contributed by atoms with Crippen LogP contribution in [0.15, 0.2) is 48.5 Å². The molecule has 0 radical (unpaired) electrons. The number of carbonyl (C=O) groups excluding carboxylic acids is 1. The predicted octanol–water partition coefficient (Wildman–Crippen LogP) is 2.00. The van der Waals surface area contributed by atoms with Gasteiger partial charge in [0.2, 0.25) is 15.9 Å². The highest BCUT2D eigenvalue weighted by molar-refractivity contribution is 7.88. The first-order valence-electron chi connectivity index (χ1n) is 8.74. The zero-order chi connectivity index (χ0) is 20.7. The summed E-state index contributed by atoms with van der Waals surface area (Å²) in [4.78, 5) is 12.8. The Morgan fingerprint density at radius 3 is 2.29 bits per heavy atom. The lowest BCUT2D eigenvalue weighted by atomic mass is 10.1. The molecule has 1 atom stereocenters. The molecule has 1 amide bonds. The van der Waals surface area contributed by atoms with Crippen LogP contribution in [-0.2, 0) is 21.2 Å². The summed E-state index contributed by atoms with van der Waals surface area (Å²) in [6.45, 7) is 0.356. The smallest absolute Gasteiger partial charge is 0.243 e. The molecule has 0 saturated carbocycles. The van der Waals surface area contributed by atoms with Crippen molar-refractivity contribution >= 4 is 15.9 Å². The third kappa shape index (κ3) is 5.46. The quantitative estimate of drug-likeness (QED) is 0.688. The Morgan fingerprint density at radius 1 is 1.07 bits per heavy atom. The van der Waals surface area contributed by atoms with Crippen molar-refractivity contribution in [2.75, 3.05) is 34.1 Å². The van der Waals surface area contributed by atoms with Gasteiger partial charge in [0.05, 0.1) is 20.5 Å². The van der Waals surface area contributed by atoms with Gasteiger partial charge in [0.1, 0.15) is 6.04 Å². The highest BCUT2D eigenvalue weighted by atomic mass is 32.2. The second-order valence-corrected chi connectivity index (χ2v) is 8.36. The first kappa shape index (κ1) is 21.7. The van der Waals surface area contributed by atoms with Crippen molar-refractivity contribution < 1.29 is 22.7 Å². The van der Waals surface area contributed by atoms with E-state index in [9.17, 15) is 13.2 Å². The van der Waals surface area contributed by atoms with Gasteiger partial charge in [-0.05, 0) is 29.7 Å². The highest BCUT2D eigenvalue weighted by Crippen LogP contribution is 2.27. The Hall–Kier alpha value is -2.58. The van der Waals surface area contributed by atoms with Gasteiger partial charge < -0.3 is 14.8 Å². The molecule has 0 bridgehead atoms. The third-order valence-electron chi connectivity index (χ3n) is 4.41. The molecule has 2 rings (SSSR count). The Balaban J connectivity index is 2.10. The molecule has 0 aliphatic rings. The van der Waals surface area contributed by atoms with E-state index in [2.05, 4.69) is 5.32 Å². The summed E-state index contributed by atoms with van der Waals surface area (Å²) in [7, 11) is 0.990. The lowest BCUT2D eigenvalue weighted by Gasteiger charge is -2.25. The number of nitrogens with zero attached hydrogens (tertiary/aromatic N) is 1. The summed E-state index contributed by atoms with van der Waals surface area (Å²) in [5, 5.41) is 2.83. The number of methoxy groups -OCH3 is 2. The van der Waals surface area contributed by atoms with Crippen LogP contribution in [0.2, 0.25) is 0 Å². The van der Waals surface area contributed by atoms with Crippen molar-refractivity contribution in [2.24, 2.45) is 0 Å². The summed E-state index contributed by atoms with van der Waals surface area (Å²) >= 11 is 0. The van der Waals surface area contributed by atoms with Crippen molar-refractivity contribution in [1.82, 2.24) is 9.62 Å². The average molecular weight is 407 g/mol. The summed E-state index contributed by atoms with van der Waals surface area (Å²) in [5.74, 6) is 0.874. The number of amides is 1. The maximum atomic E-state index is 12.8. The van der Waals surface area contributed by atoms with Crippen LogP contribution >= 0.6 is 0 Å². The van der Waals surface area contributed by atoms with Gasteiger partial charge in [-0.1, -0.05) is 36.4 Å². The van der Waals surface area contributed by atoms with Crippen LogP contribution in [0.25, 0.3) is 0 Å². The van der Waals surface area contributed by atoms with Gasteiger partial charge in [-0.25, -0.2) is 8.42 Å². The zero-order valence-corrected chi connectivity index (χ0v) is 17.3. The molecule has 0 aliphatic carbocycles. The van der Waals surface area contributed by atoms with Crippen molar-refractivity contribution in [3.63, 3.8) is 0 Å². The van der Waals surface area contributed by atoms with Crippen LogP contribution in [0, 0.1) is 0 Å². The van der Waals surface area contributed by atoms with Crippen LogP contribution in [0.5, 0.6) is 11.5 Å². The highest BCUT2D eigenvalue weighted by Gasteiger charge is 2.30. The molecular weight excluding hydrogens is 380 g/mol. The lowest BCUT2D eigenvalue weighted by Crippen LogP contribution is -2.41. The van der Waals surface area contributed by atoms with Gasteiger partial charge in [0.15, 0.2) is 11.5 Å². The van der Waals surface area contributed by atoms with Gasteiger partial charge in [-0.2, -0.15) is 4.31 Å². The standard InChI is InChI=1S/C20H26N2O5S/c1-22(28(4,24)25)19(16-8-6-5-7-9-16)20(23)21-13-12-15-10-11-17(26-2)18(14-15)27-3/h5-11,14,19H,12-13H2,1-4H3,(H,21,23)/t19-/m1/s1. The van der Waals surface area contributed by atoms with E-state index in [4.69, 9.17) is 9.47 Å². The maximum Gasteiger partial charge on any atom is 0.243 e. The Morgan fingerprint density at radius 2 is 1.71 bits per heavy atom. The predicted molar refractivity (Wildman–Crippen MR) is 108 cm³/mol. The van der Waals surface area contributed by atoms with Crippen LogP contribution < -0.4 is 14.8 Å². The molecule has 8 heteroatoms. The molecule has 0 heterocycles. The van der Waals surface area contributed by atoms with Gasteiger partial charge in [0.25, 0.3) is 0 Å². The van der Waals surface area contributed by atoms with Crippen LogP contribution in [0.3, 0.4) is 0 Å². The van der Waals surface area contributed by atoms with Crippen molar-refractivity contribution in [1.29, 1.82) is 0 Å². The summed E-state index contributed by atoms with van der Waals surface area (Å²) in [6, 6.07) is 13.5. The van der Waals surface area contributed by atoms with E-state index >= 15 is 0 Å². The number of carbonyl (C=O) groups is 1. The van der Waals surface area contributed by atoms with Gasteiger partial charge in [-0.3, -0.25) is 4.79 Å². The number of nitrogens with one attached hydrogen (secondary N) is 1. The molecule has 2 aromatic rings. The van der Waals surface area contributed by atoms with Crippen molar-refractivity contribution in [2.45, 2.75) is 12.5 Å². The molecule has 0 aromatic heterocycles. The molecule has 0 spiro atoms. The summed E-state index contributed by atoms with van der Waals surface area (Å²) in [6.07, 6.45) is 1.65. The number of sulfonamides is 1. The van der Waals surface area contributed by atoms with Crippen molar-refractivity contribution in [3.05, 3.63) is 59.7 Å². The normalized spacial score (nSPS) is 12.5. The number of benzene rings is 2. The first-order valence-corrected chi connectivity index (χ1v) is 10.6. The van der Waals surface area contributed by atoms with Crippen molar-refractivity contribution in [3.8, 4) is 11.5 Å². The Kier molecular flexibility index (Phi) is 7.42. The molecular formula is C20H26N2O5S. The Labute approximate surface area is 166 Å². The largest absolute Gasteiger partial charge is 0.493 e. The van der Waals surface area contributed by atoms with E-state index in [0.29, 0.717) is 30.0 Å². The van der Waals surface area contributed by atoms with Crippen LogP contribution in [0.1, 0.15) is 17.2 Å². The molecule has 1 N–H and O–H groups in total. The molecule has 0 unspecified atom stereocenters. The second kappa shape index (κ2) is 9.57. The third-order valence-corrected chi connectivity index (χ3v) is 5.67. The maximum absolute atomic E-state index is 12.8. The van der Waals surface area contributed by atoms with Crippen LogP contribution in [0.4, 0.5) is 0 Å². The Bertz CT molecular complexity index is 900. The fourth-order valence-electron chi connectivity index (χ4n) is 2.82. The monoisotopic (exact) mass is 406 g/mol. The SMILES string of the molecule is COc1ccc(CCNC(=O)[C@@H](c2ccccc2)N(C)S(C)(=O)=O)cc1OC. The number of hydrogen-bond donors (Lipinski definition) is 1. The minimum Gasteiger partial charge on any atom is -0.493 e. The fourth-order valence-corrected chi connectivity index (χ4v) is 3.42. The number of ether oxygens (including phenoxy) is 2. The van der Waals surface area contributed by atoms with E-state index in [1.165, 1.54) is 7.05 Å². The number of rotatable bonds is 9. The number of likely N-dealkylation sites (N-methyl/N-ethyl adjacent to an activating group) is 1. The minimum absolute atomic E-state index is 0.356. The fraction of sp³-hybridized carbons (Fsp3) is 0.350. The summed E-state index contributed by atoms with van der Waals surface area (Å²) < 4.78 is 35.6. The van der Waals surface area contributed by atoms with Crippen LogP contribution in [-0.4, -0.2) is 52.7 Å². The molecule has 2 aromatic carbocycles. The van der Waals surface area contributed by atoms with Gasteiger partial charge in [0, 0.05) is 13.6 Å².